The number of carboxylic acid groups (broad SMARTS) is 1. The number of benzene rings is 1. The van der Waals surface area contributed by atoms with Crippen molar-refractivity contribution in [3.05, 3.63) is 62.4 Å². The highest BCUT2D eigenvalue weighted by molar-refractivity contribution is 5.85. The van der Waals surface area contributed by atoms with Gasteiger partial charge in [-0.2, -0.15) is 0 Å². The molecule has 0 saturated heterocycles. The molecule has 146 valence electrons. The van der Waals surface area contributed by atoms with Gasteiger partial charge in [-0.05, 0) is 62.3 Å². The predicted molar refractivity (Wildman–Crippen MR) is 103 cm³/mol. The molecule has 0 aliphatic heterocycles. The van der Waals surface area contributed by atoms with Crippen LogP contribution in [-0.4, -0.2) is 11.1 Å². The van der Waals surface area contributed by atoms with Crippen molar-refractivity contribution in [2.75, 3.05) is 0 Å². The Hall–Kier alpha value is -3.02. The molecule has 3 aromatic rings. The van der Waals surface area contributed by atoms with Gasteiger partial charge in [0.1, 0.15) is 23.7 Å². The predicted octanol–water partition coefficient (Wildman–Crippen LogP) is 4.41. The van der Waals surface area contributed by atoms with Gasteiger partial charge in [0.25, 0.3) is 0 Å². The minimum atomic E-state index is -1.11. The average molecular weight is 382 g/mol. The summed E-state index contributed by atoms with van der Waals surface area (Å²) in [6.07, 6.45) is 4.54. The number of fused-ring (bicyclic) bond motifs is 3. The molecule has 0 amide bonds. The van der Waals surface area contributed by atoms with Crippen molar-refractivity contribution in [3.63, 3.8) is 0 Å². The first kappa shape index (κ1) is 18.3. The summed E-state index contributed by atoms with van der Waals surface area (Å²) in [5, 5.41) is 10.0. The molecule has 0 atom stereocenters. The van der Waals surface area contributed by atoms with E-state index in [0.29, 0.717) is 22.7 Å². The maximum Gasteiger partial charge on any atom is 0.371 e. The summed E-state index contributed by atoms with van der Waals surface area (Å²) in [5.41, 5.74) is 3.89. The Morgan fingerprint density at radius 1 is 1.11 bits per heavy atom. The van der Waals surface area contributed by atoms with E-state index in [1.807, 2.05) is 6.92 Å². The van der Waals surface area contributed by atoms with Crippen molar-refractivity contribution in [3.8, 4) is 5.75 Å². The van der Waals surface area contributed by atoms with E-state index in [-0.39, 0.29) is 18.0 Å². The van der Waals surface area contributed by atoms with Gasteiger partial charge >= 0.3 is 11.6 Å². The summed E-state index contributed by atoms with van der Waals surface area (Å²) < 4.78 is 16.8. The molecule has 28 heavy (non-hydrogen) atoms. The van der Waals surface area contributed by atoms with Crippen molar-refractivity contribution in [1.29, 1.82) is 0 Å². The summed E-state index contributed by atoms with van der Waals surface area (Å²) in [7, 11) is 0. The Kier molecular flexibility index (Phi) is 4.71. The van der Waals surface area contributed by atoms with Gasteiger partial charge in [-0.3, -0.25) is 0 Å². The van der Waals surface area contributed by atoms with Crippen LogP contribution in [0.15, 0.2) is 31.8 Å². The Morgan fingerprint density at radius 2 is 1.86 bits per heavy atom. The van der Waals surface area contributed by atoms with Crippen LogP contribution in [0.5, 0.6) is 5.75 Å². The van der Waals surface area contributed by atoms with E-state index in [9.17, 15) is 9.59 Å². The van der Waals surface area contributed by atoms with E-state index >= 15 is 0 Å². The van der Waals surface area contributed by atoms with Gasteiger partial charge < -0.3 is 18.7 Å². The Morgan fingerprint density at radius 3 is 2.54 bits per heavy atom. The molecule has 0 spiro atoms. The van der Waals surface area contributed by atoms with Crippen LogP contribution in [0.25, 0.3) is 11.0 Å². The first-order valence-corrected chi connectivity index (χ1v) is 9.54. The molecule has 0 radical (unpaired) electrons. The number of carboxylic acids is 1. The molecule has 2 heterocycles. The second-order valence-corrected chi connectivity index (χ2v) is 7.15. The molecule has 0 unspecified atom stereocenters. The van der Waals surface area contributed by atoms with Gasteiger partial charge in [0.2, 0.25) is 5.76 Å². The fourth-order valence-electron chi connectivity index (χ4n) is 3.85. The lowest BCUT2D eigenvalue weighted by Gasteiger charge is -2.18. The van der Waals surface area contributed by atoms with E-state index < -0.39 is 5.97 Å². The lowest BCUT2D eigenvalue weighted by atomic mass is 9.90. The zero-order chi connectivity index (χ0) is 19.8. The van der Waals surface area contributed by atoms with E-state index in [1.54, 1.807) is 13.0 Å². The van der Waals surface area contributed by atoms with Crippen molar-refractivity contribution >= 4 is 16.9 Å². The molecular formula is C22H22O6. The monoisotopic (exact) mass is 382 g/mol. The molecule has 6 nitrogen and oxygen atoms in total. The molecule has 1 aromatic carbocycles. The van der Waals surface area contributed by atoms with Gasteiger partial charge in [0.05, 0.1) is 0 Å². The number of hydrogen-bond donors (Lipinski definition) is 1. The van der Waals surface area contributed by atoms with Crippen LogP contribution in [0, 0.1) is 6.92 Å². The highest BCUT2D eigenvalue weighted by Gasteiger charge is 2.20. The highest BCUT2D eigenvalue weighted by atomic mass is 16.5. The third-order valence-electron chi connectivity index (χ3n) is 5.40. The number of furan rings is 1. The van der Waals surface area contributed by atoms with Gasteiger partial charge in [0, 0.05) is 22.6 Å². The van der Waals surface area contributed by atoms with Crippen molar-refractivity contribution in [2.24, 2.45) is 0 Å². The fraction of sp³-hybridized carbons (Fsp3) is 0.364. The summed E-state index contributed by atoms with van der Waals surface area (Å²) in [5.74, 6) is -0.0768. The third-order valence-corrected chi connectivity index (χ3v) is 5.40. The maximum atomic E-state index is 12.4. The second kappa shape index (κ2) is 7.19. The molecule has 4 rings (SSSR count). The number of hydrogen-bond acceptors (Lipinski definition) is 5. The summed E-state index contributed by atoms with van der Waals surface area (Å²) >= 11 is 0. The van der Waals surface area contributed by atoms with Crippen LogP contribution < -0.4 is 10.4 Å². The number of ether oxygens (including phenoxy) is 1. The first-order chi connectivity index (χ1) is 13.5. The minimum Gasteiger partial charge on any atom is -0.488 e. The number of aryl methyl sites for hydroxylation is 3. The Balaban J connectivity index is 1.71. The third kappa shape index (κ3) is 3.19. The summed E-state index contributed by atoms with van der Waals surface area (Å²) in [6.45, 7) is 3.93. The molecule has 0 bridgehead atoms. The van der Waals surface area contributed by atoms with Crippen molar-refractivity contribution in [2.45, 2.75) is 52.6 Å². The number of rotatable bonds is 5. The molecular weight excluding hydrogens is 360 g/mol. The maximum absolute atomic E-state index is 12.4. The molecule has 2 aromatic heterocycles. The average Bonchev–Trinajstić information content (AvgIpc) is 3.07. The number of aromatic carboxylic acids is 1. The van der Waals surface area contributed by atoms with Crippen molar-refractivity contribution < 1.29 is 23.5 Å². The summed E-state index contributed by atoms with van der Waals surface area (Å²) in [4.78, 5) is 23.4. The van der Waals surface area contributed by atoms with Crippen molar-refractivity contribution in [1.82, 2.24) is 0 Å². The largest absolute Gasteiger partial charge is 0.488 e. The van der Waals surface area contributed by atoms with Crippen LogP contribution >= 0.6 is 0 Å². The molecule has 1 N–H and O–H groups in total. The van der Waals surface area contributed by atoms with E-state index in [2.05, 4.69) is 6.07 Å². The topological polar surface area (TPSA) is 89.9 Å². The Labute approximate surface area is 161 Å². The quantitative estimate of drug-likeness (QED) is 0.657. The van der Waals surface area contributed by atoms with E-state index in [4.69, 9.17) is 18.7 Å². The lowest BCUT2D eigenvalue weighted by molar-refractivity contribution is 0.0661. The SMILES string of the molecule is CCc1cc2c3c(c(=O)oc2cc1OCc1cc(C(=O)O)oc1C)CCCC3. The van der Waals surface area contributed by atoms with Crippen LogP contribution in [-0.2, 0) is 25.9 Å². The van der Waals surface area contributed by atoms with Gasteiger partial charge in [-0.1, -0.05) is 6.92 Å². The molecule has 1 aliphatic rings. The van der Waals surface area contributed by atoms with E-state index in [1.165, 1.54) is 6.07 Å². The van der Waals surface area contributed by atoms with Gasteiger partial charge in [-0.15, -0.1) is 0 Å². The normalized spacial score (nSPS) is 13.5. The molecule has 1 aliphatic carbocycles. The zero-order valence-electron chi connectivity index (χ0n) is 16.0. The minimum absolute atomic E-state index is 0.108. The van der Waals surface area contributed by atoms with Gasteiger partial charge in [0.15, 0.2) is 0 Å². The number of carbonyl (C=O) groups is 1. The molecule has 6 heteroatoms. The van der Waals surface area contributed by atoms with Crippen LogP contribution in [0.3, 0.4) is 0 Å². The lowest BCUT2D eigenvalue weighted by Crippen LogP contribution is -2.16. The molecule has 0 saturated carbocycles. The highest BCUT2D eigenvalue weighted by Crippen LogP contribution is 2.32. The van der Waals surface area contributed by atoms with E-state index in [0.717, 1.165) is 54.2 Å². The zero-order valence-corrected chi connectivity index (χ0v) is 16.0. The van der Waals surface area contributed by atoms with Gasteiger partial charge in [-0.25, -0.2) is 9.59 Å². The summed E-state index contributed by atoms with van der Waals surface area (Å²) in [6, 6.07) is 5.31. The van der Waals surface area contributed by atoms with Crippen LogP contribution in [0.1, 0.15) is 58.3 Å². The van der Waals surface area contributed by atoms with Crippen LogP contribution in [0.4, 0.5) is 0 Å². The van der Waals surface area contributed by atoms with Crippen LogP contribution in [0.2, 0.25) is 0 Å². The standard InChI is InChI=1S/C22H22O6/c1-3-13-8-17-15-6-4-5-7-16(15)22(25)28-19(17)10-18(13)26-11-14-9-20(21(23)24)27-12(14)2/h8-10H,3-7,11H2,1-2H3,(H,23,24). The first-order valence-electron chi connectivity index (χ1n) is 9.54. The molecule has 0 fully saturated rings. The second-order valence-electron chi connectivity index (χ2n) is 7.15. The Bertz CT molecular complexity index is 1120. The smallest absolute Gasteiger partial charge is 0.371 e. The fourth-order valence-corrected chi connectivity index (χ4v) is 3.85.